The van der Waals surface area contributed by atoms with Gasteiger partial charge in [-0.15, -0.1) is 0 Å². The Morgan fingerprint density at radius 2 is 1.28 bits per heavy atom. The van der Waals surface area contributed by atoms with Crippen molar-refractivity contribution in [1.82, 2.24) is 9.80 Å². The number of fused-ring (bicyclic) bond motifs is 1. The molecule has 3 heteroatoms. The summed E-state index contributed by atoms with van der Waals surface area (Å²) >= 11 is 0. The van der Waals surface area contributed by atoms with Gasteiger partial charge < -0.3 is 9.80 Å². The highest BCUT2D eigenvalue weighted by atomic mass is 15.1. The molecule has 0 spiro atoms. The van der Waals surface area contributed by atoms with Crippen LogP contribution in [0.4, 0.5) is 0 Å². The van der Waals surface area contributed by atoms with E-state index in [0.29, 0.717) is 0 Å². The minimum Gasteiger partial charge on any atom is -0.304 e. The number of nitrogens with zero attached hydrogens (tertiary/aromatic N) is 3. The molecule has 0 saturated carbocycles. The monoisotopic (exact) mass is 393 g/mol. The first-order valence-corrected chi connectivity index (χ1v) is 11.5. The summed E-state index contributed by atoms with van der Waals surface area (Å²) in [4.78, 5) is 4.92. The quantitative estimate of drug-likeness (QED) is 0.428. The van der Waals surface area contributed by atoms with Crippen LogP contribution in [0.1, 0.15) is 58.9 Å². The van der Waals surface area contributed by atoms with Gasteiger partial charge in [0.15, 0.2) is 0 Å². The van der Waals surface area contributed by atoms with Gasteiger partial charge in [-0.05, 0) is 81.3 Å². The summed E-state index contributed by atoms with van der Waals surface area (Å²) in [7, 11) is 0. The lowest BCUT2D eigenvalue weighted by Crippen LogP contribution is -2.31. The third-order valence-electron chi connectivity index (χ3n) is 6.46. The van der Waals surface area contributed by atoms with Crippen LogP contribution in [-0.4, -0.2) is 49.1 Å². The molecule has 0 saturated heterocycles. The van der Waals surface area contributed by atoms with Crippen LogP contribution in [0.25, 0.3) is 10.8 Å². The summed E-state index contributed by atoms with van der Waals surface area (Å²) in [5.41, 5.74) is 0.804. The van der Waals surface area contributed by atoms with Crippen molar-refractivity contribution in [2.45, 2.75) is 58.8 Å². The van der Waals surface area contributed by atoms with Crippen LogP contribution in [0.15, 0.2) is 42.5 Å². The Morgan fingerprint density at radius 3 is 1.79 bits per heavy atom. The molecular weight excluding hydrogens is 354 g/mol. The average molecular weight is 394 g/mol. The maximum atomic E-state index is 10.5. The van der Waals surface area contributed by atoms with Crippen molar-refractivity contribution >= 4 is 10.8 Å². The molecule has 0 aliphatic carbocycles. The van der Waals surface area contributed by atoms with Gasteiger partial charge >= 0.3 is 0 Å². The number of benzene rings is 2. The van der Waals surface area contributed by atoms with E-state index in [9.17, 15) is 5.26 Å². The second-order valence-corrected chi connectivity index (χ2v) is 7.98. The number of hydrogen-bond donors (Lipinski definition) is 0. The van der Waals surface area contributed by atoms with Gasteiger partial charge in [0, 0.05) is 0 Å². The molecule has 0 aromatic heterocycles. The van der Waals surface area contributed by atoms with Crippen molar-refractivity contribution in [2.75, 3.05) is 39.3 Å². The molecule has 3 nitrogen and oxygen atoms in total. The molecule has 0 amide bonds. The summed E-state index contributed by atoms with van der Waals surface area (Å²) in [6, 6.07) is 17.8. The van der Waals surface area contributed by atoms with E-state index in [4.69, 9.17) is 0 Å². The molecule has 0 bridgehead atoms. The van der Waals surface area contributed by atoms with E-state index in [1.165, 1.54) is 16.3 Å². The summed E-state index contributed by atoms with van der Waals surface area (Å²) < 4.78 is 0. The van der Waals surface area contributed by atoms with E-state index in [0.717, 1.165) is 65.0 Å². The second-order valence-electron chi connectivity index (χ2n) is 7.98. The van der Waals surface area contributed by atoms with E-state index in [2.05, 4.69) is 86.0 Å². The molecule has 2 aromatic carbocycles. The fourth-order valence-corrected chi connectivity index (χ4v) is 4.50. The third kappa shape index (κ3) is 6.04. The van der Waals surface area contributed by atoms with Gasteiger partial charge in [0.1, 0.15) is 0 Å². The number of hydrogen-bond acceptors (Lipinski definition) is 3. The zero-order valence-electron chi connectivity index (χ0n) is 19.0. The maximum Gasteiger partial charge on any atom is 0.0829 e. The van der Waals surface area contributed by atoms with Gasteiger partial charge in [-0.2, -0.15) is 5.26 Å². The lowest BCUT2D eigenvalue weighted by atomic mass is 9.72. The smallest absolute Gasteiger partial charge is 0.0829 e. The first-order valence-electron chi connectivity index (χ1n) is 11.5. The number of nitriles is 1. The van der Waals surface area contributed by atoms with Crippen molar-refractivity contribution in [3.8, 4) is 6.07 Å². The first kappa shape index (κ1) is 23.4. The SMILES string of the molecule is CCN(CC)CCCC(C#N)(CCCN(CC)CC)c1cccc2ccccc12. The molecule has 0 aliphatic heterocycles. The van der Waals surface area contributed by atoms with E-state index in [1.54, 1.807) is 0 Å². The lowest BCUT2D eigenvalue weighted by molar-refractivity contribution is 0.269. The third-order valence-corrected chi connectivity index (χ3v) is 6.46. The Morgan fingerprint density at radius 1 is 0.759 bits per heavy atom. The van der Waals surface area contributed by atoms with Crippen LogP contribution in [-0.2, 0) is 5.41 Å². The molecule has 0 atom stereocenters. The molecule has 158 valence electrons. The molecule has 29 heavy (non-hydrogen) atoms. The predicted molar refractivity (Wildman–Crippen MR) is 125 cm³/mol. The Hall–Kier alpha value is -1.89. The number of rotatable bonds is 13. The van der Waals surface area contributed by atoms with Crippen LogP contribution >= 0.6 is 0 Å². The molecule has 2 aromatic rings. The maximum absolute atomic E-state index is 10.5. The minimum absolute atomic E-state index is 0.416. The second kappa shape index (κ2) is 12.0. The van der Waals surface area contributed by atoms with Crippen LogP contribution < -0.4 is 0 Å². The van der Waals surface area contributed by atoms with Crippen LogP contribution in [0.5, 0.6) is 0 Å². The van der Waals surface area contributed by atoms with Crippen LogP contribution in [0.2, 0.25) is 0 Å². The topological polar surface area (TPSA) is 30.3 Å². The average Bonchev–Trinajstić information content (AvgIpc) is 2.78. The molecule has 0 heterocycles. The summed E-state index contributed by atoms with van der Waals surface area (Å²) in [6.45, 7) is 15.3. The summed E-state index contributed by atoms with van der Waals surface area (Å²) in [5, 5.41) is 12.9. The Bertz CT molecular complexity index is 746. The van der Waals surface area contributed by atoms with E-state index in [1.807, 2.05) is 0 Å². The van der Waals surface area contributed by atoms with Crippen molar-refractivity contribution in [2.24, 2.45) is 0 Å². The van der Waals surface area contributed by atoms with Crippen LogP contribution in [0.3, 0.4) is 0 Å². The van der Waals surface area contributed by atoms with E-state index in [-0.39, 0.29) is 0 Å². The highest BCUT2D eigenvalue weighted by molar-refractivity contribution is 5.87. The van der Waals surface area contributed by atoms with Gasteiger partial charge in [-0.3, -0.25) is 0 Å². The first-order chi connectivity index (χ1) is 14.1. The fraction of sp³-hybridized carbons (Fsp3) is 0.577. The van der Waals surface area contributed by atoms with Gasteiger partial charge in [0.25, 0.3) is 0 Å². The normalized spacial score (nSPS) is 12.0. The molecule has 0 N–H and O–H groups in total. The van der Waals surface area contributed by atoms with Crippen molar-refractivity contribution in [3.63, 3.8) is 0 Å². The lowest BCUT2D eigenvalue weighted by Gasteiger charge is -2.31. The fourth-order valence-electron chi connectivity index (χ4n) is 4.50. The molecule has 2 rings (SSSR count). The minimum atomic E-state index is -0.416. The van der Waals surface area contributed by atoms with Gasteiger partial charge in [-0.1, -0.05) is 70.2 Å². The Kier molecular flexibility index (Phi) is 9.64. The highest BCUT2D eigenvalue weighted by Crippen LogP contribution is 2.38. The summed E-state index contributed by atoms with van der Waals surface area (Å²) in [5.74, 6) is 0. The van der Waals surface area contributed by atoms with Crippen LogP contribution in [0, 0.1) is 11.3 Å². The Labute approximate surface area is 178 Å². The molecule has 0 fully saturated rings. The standard InChI is InChI=1S/C26H39N3/c1-5-28(6-2)20-12-18-26(22-27,19-13-21-29(7-3)8-4)25-17-11-15-23-14-9-10-16-24(23)25/h9-11,14-17H,5-8,12-13,18-21H2,1-4H3. The Balaban J connectivity index is 2.31. The highest BCUT2D eigenvalue weighted by Gasteiger charge is 2.33. The van der Waals surface area contributed by atoms with Crippen molar-refractivity contribution in [1.29, 1.82) is 5.26 Å². The molecule has 0 radical (unpaired) electrons. The van der Waals surface area contributed by atoms with Crippen molar-refractivity contribution in [3.05, 3.63) is 48.0 Å². The molecule has 0 unspecified atom stereocenters. The predicted octanol–water partition coefficient (Wildman–Crippen LogP) is 5.85. The van der Waals surface area contributed by atoms with E-state index >= 15 is 0 Å². The largest absolute Gasteiger partial charge is 0.304 e. The molecular formula is C26H39N3. The van der Waals surface area contributed by atoms with Gasteiger partial charge in [0.05, 0.1) is 11.5 Å². The van der Waals surface area contributed by atoms with Crippen molar-refractivity contribution < 1.29 is 0 Å². The van der Waals surface area contributed by atoms with E-state index < -0.39 is 5.41 Å². The van der Waals surface area contributed by atoms with Gasteiger partial charge in [-0.25, -0.2) is 0 Å². The summed E-state index contributed by atoms with van der Waals surface area (Å²) in [6.07, 6.45) is 3.96. The molecule has 0 aliphatic rings. The van der Waals surface area contributed by atoms with Gasteiger partial charge in [0.2, 0.25) is 0 Å². The zero-order valence-corrected chi connectivity index (χ0v) is 19.0. The zero-order chi connectivity index (χ0) is 21.1.